The normalized spacial score (nSPS) is 17.8. The van der Waals surface area contributed by atoms with E-state index >= 15 is 0 Å². The Hall–Kier alpha value is -1.89. The number of hydrogen-bond acceptors (Lipinski definition) is 6. The maximum absolute atomic E-state index is 12.4. The van der Waals surface area contributed by atoms with Crippen LogP contribution in [0.4, 0.5) is 0 Å². The Labute approximate surface area is 140 Å². The molecule has 0 saturated carbocycles. The highest BCUT2D eigenvalue weighted by molar-refractivity contribution is 7.99. The molecule has 0 bridgehead atoms. The van der Waals surface area contributed by atoms with E-state index in [2.05, 4.69) is 4.74 Å². The van der Waals surface area contributed by atoms with Gasteiger partial charge >= 0.3 is 5.97 Å². The Morgan fingerprint density at radius 1 is 1.26 bits per heavy atom. The first-order valence-corrected chi connectivity index (χ1v) is 8.36. The summed E-state index contributed by atoms with van der Waals surface area (Å²) in [5.41, 5.74) is 0.820. The van der Waals surface area contributed by atoms with Crippen LogP contribution in [0, 0.1) is 0 Å². The fourth-order valence-corrected chi connectivity index (χ4v) is 3.86. The average Bonchev–Trinajstić information content (AvgIpc) is 2.59. The smallest absolute Gasteiger partial charge is 0.307 e. The molecule has 0 aliphatic carbocycles. The molecule has 1 heterocycles. The Morgan fingerprint density at radius 2 is 1.91 bits per heavy atom. The maximum atomic E-state index is 12.4. The number of rotatable bonds is 6. The van der Waals surface area contributed by atoms with Crippen LogP contribution in [0.5, 0.6) is 11.5 Å². The number of carbonyl (C=O) groups excluding carboxylic acids is 2. The number of ether oxygens (including phenoxy) is 3. The molecular formula is C16H21NO5S. The van der Waals surface area contributed by atoms with Gasteiger partial charge in [-0.2, -0.15) is 0 Å². The second-order valence-electron chi connectivity index (χ2n) is 4.96. The first-order valence-electron chi connectivity index (χ1n) is 7.31. The lowest BCUT2D eigenvalue weighted by Crippen LogP contribution is -2.39. The second kappa shape index (κ2) is 8.10. The Balaban J connectivity index is 2.34. The molecule has 0 aromatic heterocycles. The van der Waals surface area contributed by atoms with E-state index in [1.54, 1.807) is 30.9 Å². The van der Waals surface area contributed by atoms with Gasteiger partial charge in [0, 0.05) is 18.7 Å². The van der Waals surface area contributed by atoms with Gasteiger partial charge in [-0.1, -0.05) is 6.07 Å². The van der Waals surface area contributed by atoms with E-state index < -0.39 is 0 Å². The van der Waals surface area contributed by atoms with Crippen LogP contribution in [0.15, 0.2) is 18.2 Å². The van der Waals surface area contributed by atoms with Crippen molar-refractivity contribution in [3.05, 3.63) is 23.8 Å². The van der Waals surface area contributed by atoms with Gasteiger partial charge in [0.05, 0.1) is 33.3 Å². The van der Waals surface area contributed by atoms with E-state index in [-0.39, 0.29) is 23.7 Å². The average molecular weight is 339 g/mol. The summed E-state index contributed by atoms with van der Waals surface area (Å²) in [5, 5.41) is -0.244. The van der Waals surface area contributed by atoms with Gasteiger partial charge in [-0.3, -0.25) is 9.59 Å². The Morgan fingerprint density at radius 3 is 2.48 bits per heavy atom. The summed E-state index contributed by atoms with van der Waals surface area (Å²) in [6.07, 6.45) is 0.622. The molecule has 1 aliphatic rings. The number of esters is 1. The number of amides is 1. The number of thioether (sulfide) groups is 1. The number of hydrogen-bond donors (Lipinski definition) is 0. The van der Waals surface area contributed by atoms with E-state index in [1.807, 2.05) is 18.2 Å². The molecule has 1 amide bonds. The van der Waals surface area contributed by atoms with Crippen molar-refractivity contribution >= 4 is 23.6 Å². The Kier molecular flexibility index (Phi) is 6.15. The molecule has 2 rings (SSSR count). The van der Waals surface area contributed by atoms with Crippen molar-refractivity contribution in [1.82, 2.24) is 4.90 Å². The third kappa shape index (κ3) is 3.90. The highest BCUT2D eigenvalue weighted by Crippen LogP contribution is 2.45. The zero-order valence-corrected chi connectivity index (χ0v) is 14.4. The van der Waals surface area contributed by atoms with Crippen molar-refractivity contribution in [2.75, 3.05) is 33.6 Å². The molecule has 0 spiro atoms. The summed E-state index contributed by atoms with van der Waals surface area (Å²) < 4.78 is 15.6. The van der Waals surface area contributed by atoms with E-state index in [0.29, 0.717) is 24.5 Å². The van der Waals surface area contributed by atoms with Gasteiger partial charge in [0.15, 0.2) is 0 Å². The minimum absolute atomic E-state index is 0.0191. The van der Waals surface area contributed by atoms with Crippen LogP contribution in [0.2, 0.25) is 0 Å². The Bertz CT molecular complexity index is 555. The van der Waals surface area contributed by atoms with E-state index in [0.717, 1.165) is 11.3 Å². The lowest BCUT2D eigenvalue weighted by atomic mass is 10.1. The highest BCUT2D eigenvalue weighted by Gasteiger charge is 2.34. The van der Waals surface area contributed by atoms with E-state index in [1.165, 1.54) is 7.11 Å². The molecule has 1 fully saturated rings. The third-order valence-electron chi connectivity index (χ3n) is 3.69. The molecule has 1 aromatic rings. The van der Waals surface area contributed by atoms with Crippen molar-refractivity contribution in [3.63, 3.8) is 0 Å². The summed E-state index contributed by atoms with van der Waals surface area (Å²) in [6.45, 7) is 0.310. The van der Waals surface area contributed by atoms with Gasteiger partial charge in [-0.15, -0.1) is 11.8 Å². The summed E-state index contributed by atoms with van der Waals surface area (Å²) in [7, 11) is 4.52. The van der Waals surface area contributed by atoms with Crippen molar-refractivity contribution in [1.29, 1.82) is 0 Å². The molecule has 23 heavy (non-hydrogen) atoms. The zero-order chi connectivity index (χ0) is 16.8. The number of nitrogens with zero attached hydrogens (tertiary/aromatic N) is 1. The fraction of sp³-hybridized carbons (Fsp3) is 0.500. The maximum Gasteiger partial charge on any atom is 0.307 e. The molecular weight excluding hydrogens is 318 g/mol. The summed E-state index contributed by atoms with van der Waals surface area (Å²) >= 11 is 1.64. The minimum atomic E-state index is -0.334. The van der Waals surface area contributed by atoms with Gasteiger partial charge in [-0.25, -0.2) is 0 Å². The number of benzene rings is 1. The zero-order valence-electron chi connectivity index (χ0n) is 13.5. The summed E-state index contributed by atoms with van der Waals surface area (Å²) in [4.78, 5) is 25.5. The lowest BCUT2D eigenvalue weighted by molar-refractivity contribution is -0.142. The van der Waals surface area contributed by atoms with Crippen molar-refractivity contribution in [2.45, 2.75) is 18.2 Å². The van der Waals surface area contributed by atoms with Crippen LogP contribution >= 0.6 is 11.8 Å². The molecule has 1 saturated heterocycles. The molecule has 7 heteroatoms. The number of carbonyl (C=O) groups is 2. The topological polar surface area (TPSA) is 65.1 Å². The molecule has 0 radical (unpaired) electrons. The molecule has 0 N–H and O–H groups in total. The predicted molar refractivity (Wildman–Crippen MR) is 87.7 cm³/mol. The van der Waals surface area contributed by atoms with Crippen molar-refractivity contribution in [2.24, 2.45) is 0 Å². The van der Waals surface area contributed by atoms with Gasteiger partial charge in [0.2, 0.25) is 5.91 Å². The molecule has 126 valence electrons. The molecule has 1 aliphatic heterocycles. The molecule has 1 unspecified atom stereocenters. The second-order valence-corrected chi connectivity index (χ2v) is 6.15. The quantitative estimate of drug-likeness (QED) is 0.741. The van der Waals surface area contributed by atoms with Gasteiger partial charge in [0.25, 0.3) is 0 Å². The fourth-order valence-electron chi connectivity index (χ4n) is 2.54. The van der Waals surface area contributed by atoms with Gasteiger partial charge in [-0.05, 0) is 12.1 Å². The monoisotopic (exact) mass is 339 g/mol. The van der Waals surface area contributed by atoms with Crippen LogP contribution in [-0.2, 0) is 14.3 Å². The van der Waals surface area contributed by atoms with Crippen LogP contribution in [-0.4, -0.2) is 50.4 Å². The van der Waals surface area contributed by atoms with Gasteiger partial charge < -0.3 is 19.1 Å². The molecule has 1 atom stereocenters. The lowest BCUT2D eigenvalue weighted by Gasteiger charge is -2.36. The van der Waals surface area contributed by atoms with Crippen molar-refractivity contribution in [3.8, 4) is 11.5 Å². The third-order valence-corrected chi connectivity index (χ3v) is 4.94. The van der Waals surface area contributed by atoms with E-state index in [9.17, 15) is 9.59 Å². The summed E-state index contributed by atoms with van der Waals surface area (Å²) in [6, 6.07) is 5.53. The molecule has 1 aromatic carbocycles. The SMILES string of the molecule is COC(=O)CCN1C(=O)CCSC1c1c(OC)cccc1OC. The van der Waals surface area contributed by atoms with Crippen LogP contribution < -0.4 is 9.47 Å². The van der Waals surface area contributed by atoms with Crippen LogP contribution in [0.3, 0.4) is 0 Å². The first kappa shape index (κ1) is 17.5. The highest BCUT2D eigenvalue weighted by atomic mass is 32.2. The van der Waals surface area contributed by atoms with Crippen LogP contribution in [0.25, 0.3) is 0 Å². The van der Waals surface area contributed by atoms with Crippen molar-refractivity contribution < 1.29 is 23.8 Å². The van der Waals surface area contributed by atoms with Gasteiger partial charge in [0.1, 0.15) is 16.9 Å². The predicted octanol–water partition coefficient (Wildman–Crippen LogP) is 2.23. The first-order chi connectivity index (χ1) is 11.1. The minimum Gasteiger partial charge on any atom is -0.496 e. The largest absolute Gasteiger partial charge is 0.496 e. The van der Waals surface area contributed by atoms with E-state index in [4.69, 9.17) is 9.47 Å². The summed E-state index contributed by atoms with van der Waals surface area (Å²) in [5.74, 6) is 1.74. The standard InChI is InChI=1S/C16H21NO5S/c1-20-11-5-4-6-12(21-2)15(11)16-17(9-7-14(19)22-3)13(18)8-10-23-16/h4-6,16H,7-10H2,1-3H3. The van der Waals surface area contributed by atoms with Crippen LogP contribution in [0.1, 0.15) is 23.8 Å². The number of methoxy groups -OCH3 is 3. The molecule has 6 nitrogen and oxygen atoms in total.